The van der Waals surface area contributed by atoms with Crippen molar-refractivity contribution in [1.82, 2.24) is 29.3 Å². The maximum absolute atomic E-state index is 13.5. The molecule has 0 spiro atoms. The van der Waals surface area contributed by atoms with Crippen LogP contribution in [0.3, 0.4) is 0 Å². The number of carbonyl (C=O) groups is 2. The van der Waals surface area contributed by atoms with Crippen LogP contribution in [0.5, 0.6) is 0 Å². The van der Waals surface area contributed by atoms with Crippen LogP contribution in [0.4, 0.5) is 10.6 Å². The van der Waals surface area contributed by atoms with Crippen LogP contribution in [0, 0.1) is 4.78 Å². The zero-order chi connectivity index (χ0) is 28.0. The number of nitrogens with one attached hydrogen (secondary N) is 2. The first-order valence-electron chi connectivity index (χ1n) is 13.0. The molecule has 210 valence electrons. The monoisotopic (exact) mass is 558 g/mol. The van der Waals surface area contributed by atoms with E-state index in [2.05, 4.69) is 15.3 Å². The number of imidazole rings is 1. The van der Waals surface area contributed by atoms with Gasteiger partial charge in [0.25, 0.3) is 0 Å². The molecule has 1 fully saturated rings. The zero-order valence-corrected chi connectivity index (χ0v) is 22.7. The second-order valence-electron chi connectivity index (χ2n) is 9.34. The summed E-state index contributed by atoms with van der Waals surface area (Å²) in [7, 11) is -3.33. The summed E-state index contributed by atoms with van der Waals surface area (Å²) >= 11 is 0. The Labute approximate surface area is 226 Å². The highest BCUT2D eigenvalue weighted by atomic mass is 32.2. The minimum atomic E-state index is -3.33. The third kappa shape index (κ3) is 6.45. The average Bonchev–Trinajstić information content (AvgIpc) is 3.54. The topological polar surface area (TPSA) is 178 Å². The first kappa shape index (κ1) is 28.2. The number of anilines is 1. The number of nitrogens with two attached hydrogens (primary N) is 1. The van der Waals surface area contributed by atoms with Crippen molar-refractivity contribution in [2.45, 2.75) is 44.3 Å². The molecule has 0 radical (unpaired) electrons. The number of nitrogen functional groups attached to an aromatic ring is 1. The summed E-state index contributed by atoms with van der Waals surface area (Å²) in [5.41, 5.74) is 6.40. The lowest BCUT2D eigenvalue weighted by Crippen LogP contribution is -2.33. The summed E-state index contributed by atoms with van der Waals surface area (Å²) in [6.07, 6.45) is 2.05. The van der Waals surface area contributed by atoms with E-state index in [9.17, 15) is 18.6 Å². The van der Waals surface area contributed by atoms with Crippen molar-refractivity contribution in [3.05, 3.63) is 46.4 Å². The smallest absolute Gasteiger partial charge is 0.409 e. The van der Waals surface area contributed by atoms with Gasteiger partial charge in [0.1, 0.15) is 21.9 Å². The molecule has 1 aromatic carbocycles. The van der Waals surface area contributed by atoms with Crippen LogP contribution in [0.1, 0.15) is 43.0 Å². The molecule has 0 aliphatic carbocycles. The lowest BCUT2D eigenvalue weighted by molar-refractivity contribution is 0.0898. The number of amides is 1. The Kier molecular flexibility index (Phi) is 8.97. The molecule has 0 bridgehead atoms. The number of fused-ring (bicyclic) bond motifs is 1. The Morgan fingerprint density at radius 2 is 1.87 bits per heavy atom. The van der Waals surface area contributed by atoms with E-state index in [0.717, 1.165) is 23.0 Å². The minimum Gasteiger partial charge on any atom is -0.448 e. The van der Waals surface area contributed by atoms with E-state index in [1.54, 1.807) is 11.8 Å². The number of hydrogen-bond acceptors (Lipinski definition) is 10. The van der Waals surface area contributed by atoms with Crippen LogP contribution in [0.2, 0.25) is 0 Å². The van der Waals surface area contributed by atoms with E-state index < -0.39 is 21.3 Å². The van der Waals surface area contributed by atoms with Crippen LogP contribution < -0.4 is 16.7 Å². The summed E-state index contributed by atoms with van der Waals surface area (Å²) in [6, 6.07) is 9.15. The third-order valence-electron chi connectivity index (χ3n) is 6.38. The number of hydrogen-bond donors (Lipinski definition) is 3. The van der Waals surface area contributed by atoms with Gasteiger partial charge in [-0.25, -0.2) is 28.1 Å². The fourth-order valence-electron chi connectivity index (χ4n) is 4.45. The molecule has 1 amide bonds. The number of aromatic nitrogens is 4. The number of benzene rings is 1. The van der Waals surface area contributed by atoms with E-state index in [0.29, 0.717) is 26.1 Å². The molecule has 4 N–H and O–H groups in total. The van der Waals surface area contributed by atoms with Crippen molar-refractivity contribution in [2.75, 3.05) is 44.3 Å². The Morgan fingerprint density at radius 3 is 2.56 bits per heavy atom. The normalized spacial score (nSPS) is 14.9. The number of nitrogens with zero attached hydrogens (tertiary/aromatic N) is 5. The second-order valence-corrected chi connectivity index (χ2v) is 11.5. The van der Waals surface area contributed by atoms with Crippen molar-refractivity contribution in [3.63, 3.8) is 0 Å². The summed E-state index contributed by atoms with van der Waals surface area (Å²) < 4.78 is 28.6. The van der Waals surface area contributed by atoms with E-state index in [1.165, 1.54) is 4.57 Å². The van der Waals surface area contributed by atoms with Crippen LogP contribution in [0.25, 0.3) is 11.2 Å². The van der Waals surface area contributed by atoms with Crippen molar-refractivity contribution < 1.29 is 18.5 Å². The first-order valence-corrected chi connectivity index (χ1v) is 14.7. The van der Waals surface area contributed by atoms with Gasteiger partial charge >= 0.3 is 11.8 Å². The van der Waals surface area contributed by atoms with Gasteiger partial charge in [0.15, 0.2) is 11.5 Å². The Balaban J connectivity index is 1.54. The quantitative estimate of drug-likeness (QED) is 0.234. The van der Waals surface area contributed by atoms with Gasteiger partial charge in [0, 0.05) is 38.4 Å². The summed E-state index contributed by atoms with van der Waals surface area (Å²) in [6.45, 7) is 4.04. The molecule has 1 atom stereocenters. The van der Waals surface area contributed by atoms with Gasteiger partial charge in [-0.05, 0) is 24.8 Å². The van der Waals surface area contributed by atoms with Crippen molar-refractivity contribution >= 4 is 38.7 Å². The van der Waals surface area contributed by atoms with Crippen LogP contribution in [-0.2, 0) is 21.0 Å². The predicted molar refractivity (Wildman–Crippen MR) is 146 cm³/mol. The van der Waals surface area contributed by atoms with Gasteiger partial charge in [-0.2, -0.15) is 4.98 Å². The van der Waals surface area contributed by atoms with E-state index in [1.807, 2.05) is 30.3 Å². The highest BCUT2D eigenvalue weighted by molar-refractivity contribution is 7.92. The van der Waals surface area contributed by atoms with Gasteiger partial charge < -0.3 is 20.7 Å². The van der Waals surface area contributed by atoms with Crippen molar-refractivity contribution in [2.24, 2.45) is 0 Å². The predicted octanol–water partition coefficient (Wildman–Crippen LogP) is 1.89. The van der Waals surface area contributed by atoms with E-state index >= 15 is 0 Å². The van der Waals surface area contributed by atoms with Crippen molar-refractivity contribution in [3.8, 4) is 0 Å². The van der Waals surface area contributed by atoms with Gasteiger partial charge in [-0.3, -0.25) is 9.36 Å². The number of likely N-dealkylation sites (tertiary alicyclic amines) is 1. The molecule has 3 heterocycles. The fourth-order valence-corrected chi connectivity index (χ4v) is 5.69. The van der Waals surface area contributed by atoms with Crippen LogP contribution >= 0.6 is 0 Å². The van der Waals surface area contributed by atoms with Gasteiger partial charge in [-0.15, -0.1) is 0 Å². The number of ether oxygens (including phenoxy) is 1. The zero-order valence-electron chi connectivity index (χ0n) is 21.9. The van der Waals surface area contributed by atoms with Crippen LogP contribution in [0.15, 0.2) is 40.3 Å². The first-order chi connectivity index (χ1) is 18.7. The lowest BCUT2D eigenvalue weighted by Gasteiger charge is -2.15. The molecule has 1 aliphatic rings. The summed E-state index contributed by atoms with van der Waals surface area (Å²) in [4.78, 5) is 48.7. The average molecular weight is 559 g/mol. The van der Waals surface area contributed by atoms with Crippen molar-refractivity contribution in [1.29, 1.82) is 4.78 Å². The number of rotatable bonds is 11. The second kappa shape index (κ2) is 12.4. The molecule has 3 aromatic rings. The largest absolute Gasteiger partial charge is 0.448 e. The molecular weight excluding hydrogens is 524 g/mol. The molecular formula is C25H34N8O5S. The van der Waals surface area contributed by atoms with E-state index in [-0.39, 0.29) is 60.1 Å². The lowest BCUT2D eigenvalue weighted by atomic mass is 10.2. The number of carbonyl (C=O) groups excluding carboxylic acids is 2. The highest BCUT2D eigenvalue weighted by Crippen LogP contribution is 2.21. The molecule has 39 heavy (non-hydrogen) atoms. The summed E-state index contributed by atoms with van der Waals surface area (Å²) in [5, 5.41) is 2.78. The summed E-state index contributed by atoms with van der Waals surface area (Å²) in [5.74, 6) is -0.675. The molecule has 4 rings (SSSR count). The highest BCUT2D eigenvalue weighted by Gasteiger charge is 2.26. The molecule has 0 saturated carbocycles. The maximum atomic E-state index is 13.5. The van der Waals surface area contributed by atoms with Crippen LogP contribution in [-0.4, -0.2) is 78.8 Å². The standard InChI is InChI=1S/C25H34N8O5S/c1-2-16-39(27,37)23-29-21(26)20-22(30-23)32(17-18-8-4-3-5-9-18)24(35)33(20)19(34)10-11-28-12-15-38-25(36)31-13-6-7-14-31/h3-5,8-9,27-28H,2,6-7,10-17H2,1H3,(H2,26,29,30). The molecule has 1 unspecified atom stereocenters. The molecule has 13 nitrogen and oxygen atoms in total. The third-order valence-corrected chi connectivity index (χ3v) is 8.13. The molecule has 14 heteroatoms. The van der Waals surface area contributed by atoms with Gasteiger partial charge in [0.05, 0.1) is 6.54 Å². The van der Waals surface area contributed by atoms with Gasteiger partial charge in [-0.1, -0.05) is 37.3 Å². The van der Waals surface area contributed by atoms with Gasteiger partial charge in [0.2, 0.25) is 11.1 Å². The SMILES string of the molecule is CCCS(=N)(=O)c1nc(N)c2c(n1)n(Cc1ccccc1)c(=O)n2C(=O)CCNCCOC(=O)N1CCCC1. The Bertz CT molecular complexity index is 1490. The fraction of sp³-hybridized carbons (Fsp3) is 0.480. The molecule has 2 aromatic heterocycles. The minimum absolute atomic E-state index is 0.0240. The maximum Gasteiger partial charge on any atom is 0.409 e. The Hall–Kier alpha value is -3.78. The van der Waals surface area contributed by atoms with E-state index in [4.69, 9.17) is 15.3 Å². The molecule has 1 aliphatic heterocycles. The molecule has 1 saturated heterocycles. The Morgan fingerprint density at radius 1 is 1.15 bits per heavy atom.